The highest BCUT2D eigenvalue weighted by molar-refractivity contribution is 7.90. The molecule has 1 aromatic heterocycles. The molecule has 0 fully saturated rings. The van der Waals surface area contributed by atoms with Crippen LogP contribution in [0.25, 0.3) is 11.3 Å². The summed E-state index contributed by atoms with van der Waals surface area (Å²) in [7, 11) is -2.77. The van der Waals surface area contributed by atoms with Crippen molar-refractivity contribution in [3.05, 3.63) is 72.2 Å². The monoisotopic (exact) mass is 404 g/mol. The Labute approximate surface area is 160 Å². The van der Waals surface area contributed by atoms with Crippen molar-refractivity contribution in [3.63, 3.8) is 0 Å². The third-order valence-corrected chi connectivity index (χ3v) is 5.82. The summed E-state index contributed by atoms with van der Waals surface area (Å²) in [6.45, 7) is -0.0745. The van der Waals surface area contributed by atoms with Crippen LogP contribution in [0.3, 0.4) is 0 Å². The molecular weight excluding hydrogens is 387 g/mol. The Kier molecular flexibility index (Phi) is 5.10. The Morgan fingerprint density at radius 2 is 1.79 bits per heavy atom. The summed E-state index contributed by atoms with van der Waals surface area (Å²) in [4.78, 5) is 12.0. The molecule has 0 saturated carbocycles. The third-order valence-electron chi connectivity index (χ3n) is 4.13. The number of rotatable bonds is 5. The molecule has 9 heteroatoms. The molecule has 0 aliphatic heterocycles. The largest absolute Gasteiger partial charge is 0.508 e. The zero-order chi connectivity index (χ0) is 20.5. The van der Waals surface area contributed by atoms with Gasteiger partial charge in [0.25, 0.3) is 10.0 Å². The van der Waals surface area contributed by atoms with Gasteiger partial charge in [0.1, 0.15) is 11.6 Å². The van der Waals surface area contributed by atoms with E-state index in [1.165, 1.54) is 61.8 Å². The molecule has 1 amide bonds. The average Bonchev–Trinajstić information content (AvgIpc) is 3.06. The lowest BCUT2D eigenvalue weighted by atomic mass is 10.1. The smallest absolute Gasteiger partial charge is 0.407 e. The van der Waals surface area contributed by atoms with Gasteiger partial charge in [0.2, 0.25) is 0 Å². The van der Waals surface area contributed by atoms with Gasteiger partial charge in [-0.05, 0) is 48.0 Å². The number of aromatic nitrogens is 1. The first-order valence-electron chi connectivity index (χ1n) is 8.15. The molecule has 28 heavy (non-hydrogen) atoms. The van der Waals surface area contributed by atoms with E-state index in [1.54, 1.807) is 6.07 Å². The number of nitrogens with zero attached hydrogens (tertiary/aromatic N) is 2. The molecule has 3 aromatic rings. The van der Waals surface area contributed by atoms with Crippen molar-refractivity contribution in [2.75, 3.05) is 7.05 Å². The normalized spacial score (nSPS) is 11.4. The molecule has 0 aliphatic rings. The molecule has 1 heterocycles. The number of benzene rings is 2. The number of aromatic hydroxyl groups is 1. The maximum absolute atomic E-state index is 14.4. The Morgan fingerprint density at radius 1 is 1.14 bits per heavy atom. The first-order valence-corrected chi connectivity index (χ1v) is 9.59. The van der Waals surface area contributed by atoms with Gasteiger partial charge >= 0.3 is 6.09 Å². The first kappa shape index (κ1) is 19.4. The molecule has 3 rings (SSSR count). The van der Waals surface area contributed by atoms with Gasteiger partial charge < -0.3 is 15.1 Å². The van der Waals surface area contributed by atoms with E-state index in [-0.39, 0.29) is 28.4 Å². The Bertz CT molecular complexity index is 1120. The Hall–Kier alpha value is -3.33. The van der Waals surface area contributed by atoms with Gasteiger partial charge in [-0.3, -0.25) is 0 Å². The van der Waals surface area contributed by atoms with Gasteiger partial charge in [0.05, 0.1) is 17.1 Å². The predicted molar refractivity (Wildman–Crippen MR) is 100 cm³/mol. The minimum absolute atomic E-state index is 0.0640. The number of hydrogen-bond donors (Lipinski definition) is 2. The molecule has 7 nitrogen and oxygen atoms in total. The van der Waals surface area contributed by atoms with Crippen LogP contribution in [0.2, 0.25) is 0 Å². The number of carbonyl (C=O) groups is 1. The maximum Gasteiger partial charge on any atom is 0.407 e. The fourth-order valence-electron chi connectivity index (χ4n) is 2.72. The predicted octanol–water partition coefficient (Wildman–Crippen LogP) is 3.35. The maximum atomic E-state index is 14.4. The van der Waals surface area contributed by atoms with Gasteiger partial charge in [-0.25, -0.2) is 21.6 Å². The molecular formula is C19H17FN2O5S. The molecule has 0 spiro atoms. The van der Waals surface area contributed by atoms with Crippen LogP contribution in [0.1, 0.15) is 5.56 Å². The molecule has 0 saturated heterocycles. The van der Waals surface area contributed by atoms with E-state index < -0.39 is 21.9 Å². The van der Waals surface area contributed by atoms with Gasteiger partial charge in [-0.1, -0.05) is 12.1 Å². The van der Waals surface area contributed by atoms with E-state index in [0.29, 0.717) is 5.56 Å². The van der Waals surface area contributed by atoms with E-state index in [9.17, 15) is 22.7 Å². The number of halogens is 1. The Balaban J connectivity index is 2.18. The number of hydrogen-bond acceptors (Lipinski definition) is 4. The quantitative estimate of drug-likeness (QED) is 0.679. The summed E-state index contributed by atoms with van der Waals surface area (Å²) in [5, 5.41) is 18.5. The van der Waals surface area contributed by atoms with Crippen LogP contribution in [0.15, 0.2) is 65.7 Å². The van der Waals surface area contributed by atoms with Gasteiger partial charge in [-0.2, -0.15) is 0 Å². The minimum atomic E-state index is -4.11. The molecule has 0 radical (unpaired) electrons. The zero-order valence-electron chi connectivity index (χ0n) is 14.8. The highest BCUT2D eigenvalue weighted by atomic mass is 32.2. The second kappa shape index (κ2) is 7.35. The van der Waals surface area contributed by atoms with Crippen molar-refractivity contribution in [2.24, 2.45) is 0 Å². The van der Waals surface area contributed by atoms with Crippen molar-refractivity contribution in [1.82, 2.24) is 8.87 Å². The van der Waals surface area contributed by atoms with E-state index in [4.69, 9.17) is 5.11 Å². The lowest BCUT2D eigenvalue weighted by Crippen LogP contribution is -2.23. The number of phenolic OH excluding ortho intramolecular Hbond substituents is 1. The topological polar surface area (TPSA) is 99.8 Å². The van der Waals surface area contributed by atoms with E-state index in [1.807, 2.05) is 0 Å². The molecule has 0 unspecified atom stereocenters. The summed E-state index contributed by atoms with van der Waals surface area (Å²) < 4.78 is 41.5. The second-order valence-electron chi connectivity index (χ2n) is 6.15. The molecule has 0 bridgehead atoms. The van der Waals surface area contributed by atoms with E-state index in [2.05, 4.69) is 0 Å². The molecule has 0 atom stereocenters. The van der Waals surface area contributed by atoms with Gasteiger partial charge in [0.15, 0.2) is 0 Å². The van der Waals surface area contributed by atoms with Crippen LogP contribution >= 0.6 is 0 Å². The summed E-state index contributed by atoms with van der Waals surface area (Å²) >= 11 is 0. The highest BCUT2D eigenvalue weighted by Crippen LogP contribution is 2.30. The van der Waals surface area contributed by atoms with Crippen LogP contribution in [0.4, 0.5) is 9.18 Å². The molecule has 2 aromatic carbocycles. The minimum Gasteiger partial charge on any atom is -0.508 e. The van der Waals surface area contributed by atoms with E-state index in [0.717, 1.165) is 8.87 Å². The van der Waals surface area contributed by atoms with Crippen LogP contribution < -0.4 is 0 Å². The lowest BCUT2D eigenvalue weighted by Gasteiger charge is -2.11. The molecule has 0 aliphatic carbocycles. The second-order valence-corrected chi connectivity index (χ2v) is 7.96. The van der Waals surface area contributed by atoms with Crippen LogP contribution in [-0.4, -0.2) is 40.6 Å². The zero-order valence-corrected chi connectivity index (χ0v) is 15.6. The number of carboxylic acid groups (broad SMARTS) is 1. The van der Waals surface area contributed by atoms with Crippen molar-refractivity contribution < 1.29 is 27.8 Å². The fourth-order valence-corrected chi connectivity index (χ4v) is 4.11. The van der Waals surface area contributed by atoms with Crippen molar-refractivity contribution in [3.8, 4) is 17.0 Å². The Morgan fingerprint density at radius 3 is 2.39 bits per heavy atom. The van der Waals surface area contributed by atoms with Crippen LogP contribution in [0, 0.1) is 5.82 Å². The SMILES string of the molecule is CN(Cc1cc(-c2ccccc2F)n(S(=O)(=O)c2ccc(O)cc2)c1)C(=O)O. The van der Waals surface area contributed by atoms with Crippen LogP contribution in [-0.2, 0) is 16.6 Å². The van der Waals surface area contributed by atoms with Gasteiger partial charge in [-0.15, -0.1) is 0 Å². The lowest BCUT2D eigenvalue weighted by molar-refractivity contribution is 0.154. The average molecular weight is 404 g/mol. The highest BCUT2D eigenvalue weighted by Gasteiger charge is 2.24. The fraction of sp³-hybridized carbons (Fsp3) is 0.105. The molecule has 2 N–H and O–H groups in total. The van der Waals surface area contributed by atoms with Crippen LogP contribution in [0.5, 0.6) is 5.75 Å². The third kappa shape index (κ3) is 3.70. The summed E-state index contributed by atoms with van der Waals surface area (Å²) in [5.74, 6) is -0.703. The number of phenols is 1. The summed E-state index contributed by atoms with van der Waals surface area (Å²) in [5.41, 5.74) is 0.513. The molecule has 146 valence electrons. The number of amides is 1. The van der Waals surface area contributed by atoms with E-state index >= 15 is 0 Å². The summed E-state index contributed by atoms with van der Waals surface area (Å²) in [6.07, 6.45) is 0.0882. The summed E-state index contributed by atoms with van der Waals surface area (Å²) in [6, 6.07) is 12.1. The van der Waals surface area contributed by atoms with Crippen molar-refractivity contribution >= 4 is 16.1 Å². The van der Waals surface area contributed by atoms with Gasteiger partial charge in [0, 0.05) is 18.8 Å². The van der Waals surface area contributed by atoms with Crippen molar-refractivity contribution in [2.45, 2.75) is 11.4 Å². The van der Waals surface area contributed by atoms with Crippen molar-refractivity contribution in [1.29, 1.82) is 0 Å². The first-order chi connectivity index (χ1) is 13.2. The standard InChI is InChI=1S/C19H17FN2O5S/c1-21(19(24)25)11-13-10-18(16-4-2-3-5-17(16)20)22(12-13)28(26,27)15-8-6-14(23)7-9-15/h2-10,12,23H,11H2,1H3,(H,24,25).